The Bertz CT molecular complexity index is 325. The lowest BCUT2D eigenvalue weighted by Gasteiger charge is -2.26. The average molecular weight is 261 g/mol. The molecule has 2 heterocycles. The van der Waals surface area contributed by atoms with Crippen molar-refractivity contribution in [1.29, 1.82) is 0 Å². The number of nitrogens with one attached hydrogen (secondary N) is 1. The van der Waals surface area contributed by atoms with E-state index in [1.54, 1.807) is 0 Å². The molecule has 6 heteroatoms. The topological polar surface area (TPSA) is 54.2 Å². The van der Waals surface area contributed by atoms with Crippen molar-refractivity contribution >= 4 is 12.4 Å². The third-order valence-corrected chi connectivity index (χ3v) is 2.98. The number of halogens is 1. The summed E-state index contributed by atoms with van der Waals surface area (Å²) in [7, 11) is 0. The highest BCUT2D eigenvalue weighted by Crippen LogP contribution is 2.12. The van der Waals surface area contributed by atoms with Gasteiger partial charge in [0.05, 0.1) is 6.54 Å². The van der Waals surface area contributed by atoms with E-state index in [2.05, 4.69) is 27.3 Å². The number of hydrogen-bond donors (Lipinski definition) is 1. The molecule has 0 radical (unpaired) electrons. The van der Waals surface area contributed by atoms with Gasteiger partial charge in [-0.1, -0.05) is 12.1 Å². The Labute approximate surface area is 108 Å². The molecule has 0 spiro atoms. The summed E-state index contributed by atoms with van der Waals surface area (Å²) in [6.45, 7) is 8.14. The van der Waals surface area contributed by atoms with Crippen LogP contribution >= 0.6 is 12.4 Å². The first-order chi connectivity index (χ1) is 7.79. The van der Waals surface area contributed by atoms with Gasteiger partial charge in [-0.25, -0.2) is 0 Å². The van der Waals surface area contributed by atoms with Crippen LogP contribution in [0, 0.1) is 6.92 Å². The lowest BCUT2D eigenvalue weighted by molar-refractivity contribution is 0.192. The first kappa shape index (κ1) is 14.4. The van der Waals surface area contributed by atoms with Crippen molar-refractivity contribution in [2.75, 3.05) is 19.6 Å². The van der Waals surface area contributed by atoms with E-state index >= 15 is 0 Å². The Morgan fingerprint density at radius 2 is 2.35 bits per heavy atom. The number of aryl methyl sites for hydroxylation is 1. The van der Waals surface area contributed by atoms with Crippen LogP contribution in [0.1, 0.15) is 31.5 Å². The predicted octanol–water partition coefficient (Wildman–Crippen LogP) is 1.37. The smallest absolute Gasteiger partial charge is 0.223 e. The molecule has 0 aliphatic carbocycles. The van der Waals surface area contributed by atoms with E-state index in [4.69, 9.17) is 4.52 Å². The monoisotopic (exact) mass is 260 g/mol. The zero-order valence-electron chi connectivity index (χ0n) is 10.5. The molecule has 1 aliphatic rings. The zero-order valence-corrected chi connectivity index (χ0v) is 11.3. The minimum Gasteiger partial charge on any atom is -0.340 e. The van der Waals surface area contributed by atoms with Crippen molar-refractivity contribution in [1.82, 2.24) is 20.4 Å². The third kappa shape index (κ3) is 3.94. The van der Waals surface area contributed by atoms with Crippen molar-refractivity contribution < 1.29 is 4.52 Å². The van der Waals surface area contributed by atoms with E-state index in [9.17, 15) is 0 Å². The van der Waals surface area contributed by atoms with Crippen LogP contribution in [0.2, 0.25) is 0 Å². The molecule has 5 nitrogen and oxygen atoms in total. The number of aromatic nitrogens is 2. The second-order valence-electron chi connectivity index (χ2n) is 4.35. The van der Waals surface area contributed by atoms with E-state index in [-0.39, 0.29) is 12.4 Å². The Balaban J connectivity index is 0.00000144. The average Bonchev–Trinajstić information content (AvgIpc) is 2.88. The van der Waals surface area contributed by atoms with Gasteiger partial charge in [-0.15, -0.1) is 12.4 Å². The molecule has 1 atom stereocenters. The molecule has 0 amide bonds. The Kier molecular flexibility index (Phi) is 5.88. The maximum absolute atomic E-state index is 5.00. The summed E-state index contributed by atoms with van der Waals surface area (Å²) in [6, 6.07) is 0.624. The van der Waals surface area contributed by atoms with Gasteiger partial charge in [0.25, 0.3) is 0 Å². The van der Waals surface area contributed by atoms with Crippen LogP contribution in [0.15, 0.2) is 4.52 Å². The van der Waals surface area contributed by atoms with Crippen molar-refractivity contribution in [3.8, 4) is 0 Å². The zero-order chi connectivity index (χ0) is 11.4. The van der Waals surface area contributed by atoms with Crippen molar-refractivity contribution in [3.05, 3.63) is 11.7 Å². The van der Waals surface area contributed by atoms with Gasteiger partial charge in [0.1, 0.15) is 0 Å². The molecule has 1 unspecified atom stereocenters. The maximum atomic E-state index is 5.00. The fourth-order valence-electron chi connectivity index (χ4n) is 2.22. The van der Waals surface area contributed by atoms with Gasteiger partial charge in [0, 0.05) is 19.5 Å². The number of rotatable bonds is 5. The van der Waals surface area contributed by atoms with E-state index < -0.39 is 0 Å². The van der Waals surface area contributed by atoms with Crippen LogP contribution in [0.25, 0.3) is 0 Å². The second kappa shape index (κ2) is 6.93. The van der Waals surface area contributed by atoms with Gasteiger partial charge in [-0.3, -0.25) is 4.90 Å². The molecule has 98 valence electrons. The first-order valence-electron chi connectivity index (χ1n) is 6.03. The number of nitrogens with zero attached hydrogens (tertiary/aromatic N) is 3. The summed E-state index contributed by atoms with van der Waals surface area (Å²) >= 11 is 0. The van der Waals surface area contributed by atoms with Crippen LogP contribution in [0.4, 0.5) is 0 Å². The third-order valence-electron chi connectivity index (χ3n) is 2.98. The molecular weight excluding hydrogens is 240 g/mol. The Morgan fingerprint density at radius 1 is 1.53 bits per heavy atom. The van der Waals surface area contributed by atoms with Crippen molar-refractivity contribution in [3.63, 3.8) is 0 Å². The van der Waals surface area contributed by atoms with Crippen LogP contribution < -0.4 is 5.32 Å². The van der Waals surface area contributed by atoms with Crippen LogP contribution in [0.5, 0.6) is 0 Å². The number of hydrogen-bond acceptors (Lipinski definition) is 5. The summed E-state index contributed by atoms with van der Waals surface area (Å²) in [4.78, 5) is 6.71. The molecule has 17 heavy (non-hydrogen) atoms. The molecule has 1 N–H and O–H groups in total. The van der Waals surface area contributed by atoms with Gasteiger partial charge in [0.15, 0.2) is 5.82 Å². The molecule has 0 saturated carbocycles. The highest BCUT2D eigenvalue weighted by Gasteiger charge is 2.22. The molecule has 0 bridgehead atoms. The molecule has 2 rings (SSSR count). The Hall–Kier alpha value is -0.650. The van der Waals surface area contributed by atoms with Gasteiger partial charge < -0.3 is 9.84 Å². The van der Waals surface area contributed by atoms with Gasteiger partial charge in [-0.2, -0.15) is 4.98 Å². The Morgan fingerprint density at radius 3 is 2.88 bits per heavy atom. The first-order valence-corrected chi connectivity index (χ1v) is 6.03. The van der Waals surface area contributed by atoms with E-state index in [0.717, 1.165) is 38.4 Å². The van der Waals surface area contributed by atoms with E-state index in [1.807, 2.05) is 6.92 Å². The SMILES string of the molecule is CCCN(Cc1noc(C)n1)C1CCNC1.Cl. The normalized spacial score (nSPS) is 19.6. The quantitative estimate of drug-likeness (QED) is 0.867. The van der Waals surface area contributed by atoms with E-state index in [1.165, 1.54) is 6.42 Å². The minimum absolute atomic E-state index is 0. The fraction of sp³-hybridized carbons (Fsp3) is 0.818. The summed E-state index contributed by atoms with van der Waals surface area (Å²) in [5.41, 5.74) is 0. The van der Waals surface area contributed by atoms with Crippen LogP contribution in [-0.2, 0) is 6.54 Å². The van der Waals surface area contributed by atoms with Gasteiger partial charge in [0.2, 0.25) is 5.89 Å². The summed E-state index contributed by atoms with van der Waals surface area (Å²) in [6.07, 6.45) is 2.38. The molecule has 1 aromatic rings. The van der Waals surface area contributed by atoms with Gasteiger partial charge >= 0.3 is 0 Å². The summed E-state index contributed by atoms with van der Waals surface area (Å²) < 4.78 is 5.00. The highest BCUT2D eigenvalue weighted by atomic mass is 35.5. The lowest BCUT2D eigenvalue weighted by atomic mass is 10.2. The van der Waals surface area contributed by atoms with Gasteiger partial charge in [-0.05, 0) is 25.9 Å². The predicted molar refractivity (Wildman–Crippen MR) is 68.3 cm³/mol. The molecular formula is C11H21ClN4O. The second-order valence-corrected chi connectivity index (χ2v) is 4.35. The molecule has 1 saturated heterocycles. The maximum Gasteiger partial charge on any atom is 0.223 e. The molecule has 1 fully saturated rings. The standard InChI is InChI=1S/C11H20N4O.ClH/c1-3-6-15(10-4-5-12-7-10)8-11-13-9(2)16-14-11;/h10,12H,3-8H2,1-2H3;1H. The lowest BCUT2D eigenvalue weighted by Crippen LogP contribution is -2.37. The van der Waals surface area contributed by atoms with E-state index in [0.29, 0.717) is 11.9 Å². The summed E-state index contributed by atoms with van der Waals surface area (Å²) in [5.74, 6) is 1.45. The largest absolute Gasteiger partial charge is 0.340 e. The highest BCUT2D eigenvalue weighted by molar-refractivity contribution is 5.85. The molecule has 0 aromatic carbocycles. The van der Waals surface area contributed by atoms with Crippen molar-refractivity contribution in [2.24, 2.45) is 0 Å². The van der Waals surface area contributed by atoms with Crippen molar-refractivity contribution in [2.45, 2.75) is 39.3 Å². The molecule has 1 aliphatic heterocycles. The minimum atomic E-state index is 0. The summed E-state index contributed by atoms with van der Waals surface area (Å²) in [5, 5.41) is 7.36. The molecule has 1 aromatic heterocycles. The van der Waals surface area contributed by atoms with Crippen LogP contribution in [0.3, 0.4) is 0 Å². The fourth-order valence-corrected chi connectivity index (χ4v) is 2.22. The van der Waals surface area contributed by atoms with Crippen LogP contribution in [-0.4, -0.2) is 40.7 Å².